The zero-order valence-corrected chi connectivity index (χ0v) is 14.6. The normalized spacial score (nSPS) is 21.0. The Labute approximate surface area is 149 Å². The van der Waals surface area contributed by atoms with Gasteiger partial charge in [-0.25, -0.2) is 0 Å². The Morgan fingerprint density at radius 1 is 1.23 bits per heavy atom. The molecule has 1 aromatic carbocycles. The number of carbonyl (C=O) groups is 1. The molecule has 1 aliphatic rings. The molecule has 2 heterocycles. The van der Waals surface area contributed by atoms with E-state index < -0.39 is 11.7 Å². The van der Waals surface area contributed by atoms with E-state index in [0.29, 0.717) is 24.9 Å². The Balaban J connectivity index is 1.71. The number of nitrogens with zero attached hydrogens (tertiary/aromatic N) is 5. The first-order valence-corrected chi connectivity index (χ1v) is 8.45. The Morgan fingerprint density at radius 3 is 2.58 bits per heavy atom. The Kier molecular flexibility index (Phi) is 4.97. The van der Waals surface area contributed by atoms with Crippen LogP contribution in [0.25, 0.3) is 11.4 Å². The average Bonchev–Trinajstić information content (AvgIpc) is 3.02. The molecular formula is C17H20F3N5O. The van der Waals surface area contributed by atoms with Crippen LogP contribution in [0.4, 0.5) is 13.2 Å². The summed E-state index contributed by atoms with van der Waals surface area (Å²) in [6.07, 6.45) is -3.35. The summed E-state index contributed by atoms with van der Waals surface area (Å²) in [6.45, 7) is 5.52. The molecule has 3 rings (SSSR count). The lowest BCUT2D eigenvalue weighted by Gasteiger charge is -2.34. The zero-order valence-electron chi connectivity index (χ0n) is 14.6. The SMILES string of the molecule is CC1CC(C)CN(C(=O)Cn2nnc(-c3cccc(C(F)(F)F)c3)n2)C1. The number of tetrazole rings is 1. The number of carbonyl (C=O) groups excluding carboxylic acids is 1. The third-order valence-electron chi connectivity index (χ3n) is 4.40. The maximum absolute atomic E-state index is 12.8. The van der Waals surface area contributed by atoms with Crippen molar-refractivity contribution in [1.82, 2.24) is 25.1 Å². The third-order valence-corrected chi connectivity index (χ3v) is 4.40. The lowest BCUT2D eigenvalue weighted by atomic mass is 9.92. The van der Waals surface area contributed by atoms with E-state index in [1.54, 1.807) is 4.90 Å². The number of rotatable bonds is 3. The maximum atomic E-state index is 12.8. The summed E-state index contributed by atoms with van der Waals surface area (Å²) in [5.41, 5.74) is -0.572. The summed E-state index contributed by atoms with van der Waals surface area (Å²) >= 11 is 0. The quantitative estimate of drug-likeness (QED) is 0.837. The summed E-state index contributed by atoms with van der Waals surface area (Å²) in [4.78, 5) is 15.3. The van der Waals surface area contributed by atoms with E-state index in [2.05, 4.69) is 29.3 Å². The van der Waals surface area contributed by atoms with Gasteiger partial charge in [0.1, 0.15) is 6.54 Å². The highest BCUT2D eigenvalue weighted by Gasteiger charge is 2.31. The van der Waals surface area contributed by atoms with Crippen LogP contribution in [0.3, 0.4) is 0 Å². The fourth-order valence-electron chi connectivity index (χ4n) is 3.35. The molecule has 9 heteroatoms. The van der Waals surface area contributed by atoms with Gasteiger partial charge in [0.25, 0.3) is 0 Å². The number of alkyl halides is 3. The monoisotopic (exact) mass is 367 g/mol. The van der Waals surface area contributed by atoms with Crippen molar-refractivity contribution in [1.29, 1.82) is 0 Å². The van der Waals surface area contributed by atoms with Crippen molar-refractivity contribution in [3.63, 3.8) is 0 Å². The average molecular weight is 367 g/mol. The number of hydrogen-bond acceptors (Lipinski definition) is 4. The Hall–Kier alpha value is -2.45. The minimum Gasteiger partial charge on any atom is -0.340 e. The number of hydrogen-bond donors (Lipinski definition) is 0. The van der Waals surface area contributed by atoms with Crippen LogP contribution in [0.15, 0.2) is 24.3 Å². The second-order valence-electron chi connectivity index (χ2n) is 6.97. The molecule has 1 aliphatic heterocycles. The minimum absolute atomic E-state index is 0.0595. The third kappa shape index (κ3) is 4.20. The van der Waals surface area contributed by atoms with Crippen molar-refractivity contribution in [3.8, 4) is 11.4 Å². The van der Waals surface area contributed by atoms with Gasteiger partial charge in [0.15, 0.2) is 0 Å². The molecule has 0 aliphatic carbocycles. The highest BCUT2D eigenvalue weighted by molar-refractivity contribution is 5.76. The van der Waals surface area contributed by atoms with Gasteiger partial charge >= 0.3 is 6.18 Å². The van der Waals surface area contributed by atoms with Crippen LogP contribution in [0.2, 0.25) is 0 Å². The van der Waals surface area contributed by atoms with Gasteiger partial charge in [0.2, 0.25) is 11.7 Å². The highest BCUT2D eigenvalue weighted by Crippen LogP contribution is 2.31. The van der Waals surface area contributed by atoms with Crippen molar-refractivity contribution in [2.75, 3.05) is 13.1 Å². The van der Waals surface area contributed by atoms with Crippen molar-refractivity contribution in [2.45, 2.75) is 33.0 Å². The second kappa shape index (κ2) is 7.05. The van der Waals surface area contributed by atoms with Gasteiger partial charge in [0.05, 0.1) is 5.56 Å². The Morgan fingerprint density at radius 2 is 1.92 bits per heavy atom. The van der Waals surface area contributed by atoms with E-state index in [1.807, 2.05) is 0 Å². The number of benzene rings is 1. The molecule has 1 saturated heterocycles. The predicted molar refractivity (Wildman–Crippen MR) is 87.8 cm³/mol. The van der Waals surface area contributed by atoms with Gasteiger partial charge < -0.3 is 4.90 Å². The molecule has 2 atom stereocenters. The molecule has 1 aromatic heterocycles. The van der Waals surface area contributed by atoms with Gasteiger partial charge in [-0.3, -0.25) is 4.79 Å². The van der Waals surface area contributed by atoms with E-state index in [4.69, 9.17) is 0 Å². The standard InChI is InChI=1S/C17H20F3N5O/c1-11-6-12(2)9-24(8-11)15(26)10-25-22-16(21-23-25)13-4-3-5-14(7-13)17(18,19)20/h3-5,7,11-12H,6,8-10H2,1-2H3. The second-order valence-corrected chi connectivity index (χ2v) is 6.97. The van der Waals surface area contributed by atoms with Crippen LogP contribution in [-0.2, 0) is 17.5 Å². The van der Waals surface area contributed by atoms with Crippen molar-refractivity contribution >= 4 is 5.91 Å². The van der Waals surface area contributed by atoms with Crippen LogP contribution in [-0.4, -0.2) is 44.1 Å². The fraction of sp³-hybridized carbons (Fsp3) is 0.529. The van der Waals surface area contributed by atoms with Crippen LogP contribution < -0.4 is 0 Å². The molecular weight excluding hydrogens is 347 g/mol. The molecule has 2 aromatic rings. The molecule has 1 amide bonds. The first-order valence-electron chi connectivity index (χ1n) is 8.45. The predicted octanol–water partition coefficient (Wildman–Crippen LogP) is 2.86. The molecule has 2 unspecified atom stereocenters. The van der Waals surface area contributed by atoms with Crippen LogP contribution >= 0.6 is 0 Å². The number of aromatic nitrogens is 4. The van der Waals surface area contributed by atoms with E-state index in [-0.39, 0.29) is 23.8 Å². The lowest BCUT2D eigenvalue weighted by Crippen LogP contribution is -2.44. The van der Waals surface area contributed by atoms with Gasteiger partial charge in [-0.1, -0.05) is 26.0 Å². The molecule has 0 N–H and O–H groups in total. The molecule has 140 valence electrons. The molecule has 0 saturated carbocycles. The summed E-state index contributed by atoms with van der Waals surface area (Å²) in [6, 6.07) is 4.72. The fourth-order valence-corrected chi connectivity index (χ4v) is 3.35. The summed E-state index contributed by atoms with van der Waals surface area (Å²) in [7, 11) is 0. The number of likely N-dealkylation sites (tertiary alicyclic amines) is 1. The van der Waals surface area contributed by atoms with Crippen molar-refractivity contribution in [2.24, 2.45) is 11.8 Å². The zero-order chi connectivity index (χ0) is 18.9. The lowest BCUT2D eigenvalue weighted by molar-refractivity contribution is -0.137. The van der Waals surface area contributed by atoms with Gasteiger partial charge in [-0.2, -0.15) is 18.0 Å². The highest BCUT2D eigenvalue weighted by atomic mass is 19.4. The Bertz CT molecular complexity index is 779. The summed E-state index contributed by atoms with van der Waals surface area (Å²) < 4.78 is 38.5. The summed E-state index contributed by atoms with van der Waals surface area (Å²) in [5.74, 6) is 0.819. The van der Waals surface area contributed by atoms with E-state index in [9.17, 15) is 18.0 Å². The maximum Gasteiger partial charge on any atom is 0.416 e. The first kappa shape index (κ1) is 18.3. The summed E-state index contributed by atoms with van der Waals surface area (Å²) in [5, 5.41) is 11.6. The molecule has 1 fully saturated rings. The topological polar surface area (TPSA) is 63.9 Å². The van der Waals surface area contributed by atoms with Gasteiger partial charge in [-0.15, -0.1) is 10.2 Å². The molecule has 0 spiro atoms. The van der Waals surface area contributed by atoms with Crippen molar-refractivity contribution < 1.29 is 18.0 Å². The van der Waals surface area contributed by atoms with E-state index in [0.717, 1.165) is 23.4 Å². The number of piperidine rings is 1. The van der Waals surface area contributed by atoms with Crippen molar-refractivity contribution in [3.05, 3.63) is 29.8 Å². The molecule has 0 bridgehead atoms. The largest absolute Gasteiger partial charge is 0.416 e. The van der Waals surface area contributed by atoms with Gasteiger partial charge in [0, 0.05) is 18.7 Å². The minimum atomic E-state index is -4.44. The number of amides is 1. The first-order chi connectivity index (χ1) is 12.2. The molecule has 0 radical (unpaired) electrons. The van der Waals surface area contributed by atoms with Crippen LogP contribution in [0.5, 0.6) is 0 Å². The van der Waals surface area contributed by atoms with E-state index in [1.165, 1.54) is 12.1 Å². The molecule has 6 nitrogen and oxygen atoms in total. The van der Waals surface area contributed by atoms with E-state index >= 15 is 0 Å². The van der Waals surface area contributed by atoms with Crippen LogP contribution in [0, 0.1) is 11.8 Å². The number of halogens is 3. The van der Waals surface area contributed by atoms with Gasteiger partial charge in [-0.05, 0) is 35.6 Å². The smallest absolute Gasteiger partial charge is 0.340 e. The molecule has 26 heavy (non-hydrogen) atoms. The van der Waals surface area contributed by atoms with Crippen LogP contribution in [0.1, 0.15) is 25.8 Å².